The molecule has 688 valence electrons. The van der Waals surface area contributed by atoms with E-state index in [0.717, 1.165) is 178 Å². The molecule has 1 aliphatic rings. The molecule has 0 radical (unpaired) electrons. The third kappa shape index (κ3) is 14.0. The van der Waals surface area contributed by atoms with Crippen molar-refractivity contribution in [3.05, 3.63) is 497 Å². The maximum atomic E-state index is 6.84. The van der Waals surface area contributed by atoms with Crippen molar-refractivity contribution in [3.8, 4) is 101 Å². The summed E-state index contributed by atoms with van der Waals surface area (Å²) in [7, 11) is 0. The van der Waals surface area contributed by atoms with Gasteiger partial charge in [-0.3, -0.25) is 0 Å². The van der Waals surface area contributed by atoms with Crippen LogP contribution < -0.4 is 9.64 Å². The molecule has 1 aliphatic heterocycles. The average Bonchev–Trinajstić information content (AvgIpc) is 1.53. The molecule has 0 fully saturated rings. The van der Waals surface area contributed by atoms with Gasteiger partial charge in [-0.25, -0.2) is 15.0 Å². The lowest BCUT2D eigenvalue weighted by Gasteiger charge is -2.32. The number of fused-ring (bicyclic) bond motifs is 30. The summed E-state index contributed by atoms with van der Waals surface area (Å²) in [4.78, 5) is 18.8. The molecule has 0 amide bonds. The van der Waals surface area contributed by atoms with E-state index in [1.165, 1.54) is 132 Å². The number of nitrogens with zero attached hydrogens (tertiary/aromatic N) is 4. The van der Waals surface area contributed by atoms with E-state index in [4.69, 9.17) is 28.5 Å². The van der Waals surface area contributed by atoms with Gasteiger partial charge in [0.2, 0.25) is 0 Å². The van der Waals surface area contributed by atoms with E-state index in [-0.39, 0.29) is 0 Å². The summed E-state index contributed by atoms with van der Waals surface area (Å²) in [5.41, 5.74) is 24.8. The van der Waals surface area contributed by atoms with Crippen molar-refractivity contribution in [2.24, 2.45) is 0 Å². The Bertz CT molecular complexity index is 10900. The smallest absolute Gasteiger partial charge is 0.151 e. The van der Waals surface area contributed by atoms with E-state index in [1.807, 2.05) is 46.9 Å². The van der Waals surface area contributed by atoms with Crippen molar-refractivity contribution in [2.75, 3.05) is 4.90 Å². The summed E-state index contributed by atoms with van der Waals surface area (Å²) in [5, 5.41) is 32.6. The Morgan fingerprint density at radius 3 is 1.19 bits per heavy atom. The molecule has 0 spiro atoms. The number of aromatic nitrogens is 3. The summed E-state index contributed by atoms with van der Waals surface area (Å²) in [5.74, 6) is 1.69. The standard InChI is InChI=1S/C53H31NOS.C47H28N2OS.C39H23NO/c1-2-12-33(13-3-1)40-19-9-21-43-44-22-10-20-41(53(44)55-52(40)43)36-16-8-17-37(30-36)46-31-45-42(51(54-46)38-24-23-32-11-4-5-15-35(32)29-38)26-28-48-50(45)49-39-18-7-6-14-34(39)25-27-47(49)56-48;1-3-13-33-29(10-1)12-9-15-35(33)37-28-38(48-47-36(37)25-27-44-46(47)45-34-14-4-2-11-30(34)22-26-43(45)51-44)31-20-23-32(24-21-31)49-39-16-5-7-18-41(39)50-42-19-8-6-17-40(42)49;1-2-11-27-22-28(17-16-24(27)8-1)39-32-19-21-36-38(37-30-14-6-4-10-26(30)18-20-35(37)41-36)33(32)23-34(40-39)31-15-7-12-25-9-3-5-13-29(25)31/h1-31H;1-28H;1-23H. The quantitative estimate of drug-likeness (QED) is 0.142. The minimum absolute atomic E-state index is 0.843. The Balaban J connectivity index is 0.000000104. The molecule has 32 rings (SSSR count). The van der Waals surface area contributed by atoms with Crippen molar-refractivity contribution >= 4 is 232 Å². The number of ether oxygens (including phenoxy) is 1. The average molecular weight is 1920 g/mol. The second kappa shape index (κ2) is 34.4. The van der Waals surface area contributed by atoms with Gasteiger partial charge in [0.1, 0.15) is 22.3 Å². The minimum Gasteiger partial charge on any atom is -0.456 e. The van der Waals surface area contributed by atoms with Crippen LogP contribution in [0.2, 0.25) is 0 Å². The molecule has 9 heteroatoms. The Morgan fingerprint density at radius 2 is 0.574 bits per heavy atom. The number of anilines is 3. The molecule has 0 saturated carbocycles. The largest absolute Gasteiger partial charge is 0.456 e. The third-order valence-electron chi connectivity index (χ3n) is 30.1. The van der Waals surface area contributed by atoms with Crippen LogP contribution in [0.3, 0.4) is 0 Å². The van der Waals surface area contributed by atoms with Gasteiger partial charge in [0, 0.05) is 123 Å². The van der Waals surface area contributed by atoms with Crippen molar-refractivity contribution in [1.29, 1.82) is 0 Å². The van der Waals surface area contributed by atoms with Gasteiger partial charge in [0.05, 0.1) is 45.4 Å². The number of pyridine rings is 3. The fourth-order valence-electron chi connectivity index (χ4n) is 23.2. The number of para-hydroxylation sites is 6. The van der Waals surface area contributed by atoms with Crippen molar-refractivity contribution in [3.63, 3.8) is 0 Å². The molecule has 0 aliphatic carbocycles. The second-order valence-electron chi connectivity index (χ2n) is 38.5. The van der Waals surface area contributed by atoms with Crippen molar-refractivity contribution in [2.45, 2.75) is 0 Å². The van der Waals surface area contributed by atoms with E-state index in [2.05, 4.69) is 478 Å². The molecule has 0 bridgehead atoms. The van der Waals surface area contributed by atoms with E-state index >= 15 is 0 Å². The summed E-state index contributed by atoms with van der Waals surface area (Å²) < 4.78 is 24.7. The SMILES string of the molecule is c1ccc(-c2cccc3c2oc2c(-c4cccc(-c5cc6c(ccc7sc8ccc9ccccc9c8c76)c(-c6ccc7ccccc7c6)n5)c4)cccc23)cc1.c1ccc2c(c1)Oc1ccccc1N2c1ccc(-c2cc(-c3cccc4ccccc34)c3ccc4sc5ccc6ccccc6c5c4c3n2)cc1.c1ccc2cc(-c3nc(-c4cccc5ccccc45)cc4c3ccc3oc5ccc6ccccc6c5c34)ccc2c1. The predicted octanol–water partition coefficient (Wildman–Crippen LogP) is 40.2. The molecule has 24 aromatic carbocycles. The van der Waals surface area contributed by atoms with Crippen LogP contribution in [0.15, 0.2) is 506 Å². The molecular weight excluding hydrogens is 1840 g/mol. The van der Waals surface area contributed by atoms with Crippen molar-refractivity contribution < 1.29 is 13.6 Å². The van der Waals surface area contributed by atoms with Crippen LogP contribution in [-0.2, 0) is 0 Å². The molecule has 8 heterocycles. The number of rotatable bonds is 9. The van der Waals surface area contributed by atoms with Crippen molar-refractivity contribution in [1.82, 2.24) is 15.0 Å². The van der Waals surface area contributed by atoms with Crippen LogP contribution in [0.5, 0.6) is 11.5 Å². The molecule has 0 atom stereocenters. The van der Waals surface area contributed by atoms with Gasteiger partial charge < -0.3 is 18.5 Å². The Kier molecular flexibility index (Phi) is 19.7. The van der Waals surface area contributed by atoms with Crippen LogP contribution in [-0.4, -0.2) is 15.0 Å². The third-order valence-corrected chi connectivity index (χ3v) is 32.3. The topological polar surface area (TPSA) is 77.4 Å². The molecular formula is C139H82N4O3S2. The summed E-state index contributed by atoms with van der Waals surface area (Å²) in [6.07, 6.45) is 0. The zero-order chi connectivity index (χ0) is 97.1. The number of benzene rings is 24. The first-order chi connectivity index (χ1) is 73.3. The van der Waals surface area contributed by atoms with E-state index in [0.29, 0.717) is 0 Å². The van der Waals surface area contributed by atoms with Gasteiger partial charge >= 0.3 is 0 Å². The highest BCUT2D eigenvalue weighted by Gasteiger charge is 2.29. The Labute approximate surface area is 857 Å². The van der Waals surface area contributed by atoms with Gasteiger partial charge in [-0.05, 0) is 224 Å². The van der Waals surface area contributed by atoms with Gasteiger partial charge in [-0.15, -0.1) is 22.7 Å². The molecule has 0 N–H and O–H groups in total. The number of furan rings is 2. The normalized spacial score (nSPS) is 12.1. The maximum absolute atomic E-state index is 6.84. The lowest BCUT2D eigenvalue weighted by Crippen LogP contribution is -2.15. The molecule has 0 saturated heterocycles. The highest BCUT2D eigenvalue weighted by atomic mass is 32.1. The minimum atomic E-state index is 0.843. The molecule has 0 unspecified atom stereocenters. The summed E-state index contributed by atoms with van der Waals surface area (Å²) >= 11 is 3.72. The predicted molar refractivity (Wildman–Crippen MR) is 626 cm³/mol. The Morgan fingerprint density at radius 1 is 0.189 bits per heavy atom. The highest BCUT2D eigenvalue weighted by molar-refractivity contribution is 7.26. The second-order valence-corrected chi connectivity index (χ2v) is 40.6. The van der Waals surface area contributed by atoms with Crippen LogP contribution in [0.25, 0.3) is 282 Å². The zero-order valence-electron chi connectivity index (χ0n) is 79.7. The molecule has 7 nitrogen and oxygen atoms in total. The van der Waals surface area contributed by atoms with Crippen LogP contribution in [0.1, 0.15) is 0 Å². The highest BCUT2D eigenvalue weighted by Crippen LogP contribution is 2.54. The molecule has 148 heavy (non-hydrogen) atoms. The lowest BCUT2D eigenvalue weighted by molar-refractivity contribution is 0.477. The van der Waals surface area contributed by atoms with Crippen LogP contribution in [0, 0.1) is 0 Å². The first-order valence-electron chi connectivity index (χ1n) is 50.2. The van der Waals surface area contributed by atoms with Gasteiger partial charge in [0.25, 0.3) is 0 Å². The first-order valence-corrected chi connectivity index (χ1v) is 51.8. The number of thiophene rings is 2. The zero-order valence-corrected chi connectivity index (χ0v) is 81.3. The number of hydrogen-bond donors (Lipinski definition) is 0. The summed E-state index contributed by atoms with van der Waals surface area (Å²) in [6.45, 7) is 0. The molecule has 31 aromatic rings. The van der Waals surface area contributed by atoms with E-state index in [1.54, 1.807) is 0 Å². The first kappa shape index (κ1) is 84.6. The fraction of sp³-hybridized carbons (Fsp3) is 0. The fourth-order valence-corrected chi connectivity index (χ4v) is 25.5. The summed E-state index contributed by atoms with van der Waals surface area (Å²) in [6, 6.07) is 178. The van der Waals surface area contributed by atoms with E-state index in [9.17, 15) is 0 Å². The number of hydrogen-bond acceptors (Lipinski definition) is 9. The lowest BCUT2D eigenvalue weighted by atomic mass is 9.92. The Hall–Kier alpha value is -19.0. The van der Waals surface area contributed by atoms with Gasteiger partial charge in [-0.2, -0.15) is 0 Å². The molecule has 7 aromatic heterocycles. The van der Waals surface area contributed by atoms with Gasteiger partial charge in [0.15, 0.2) is 11.5 Å². The maximum Gasteiger partial charge on any atom is 0.151 e. The van der Waals surface area contributed by atoms with Crippen LogP contribution in [0.4, 0.5) is 17.1 Å². The van der Waals surface area contributed by atoms with Crippen LogP contribution >= 0.6 is 22.7 Å². The monoisotopic (exact) mass is 1920 g/mol. The van der Waals surface area contributed by atoms with E-state index < -0.39 is 0 Å². The van der Waals surface area contributed by atoms with Gasteiger partial charge in [-0.1, -0.05) is 382 Å².